The molecular weight excluding hydrogens is 216 g/mol. The van der Waals surface area contributed by atoms with E-state index in [0.717, 1.165) is 0 Å². The molecule has 94 valence electrons. The van der Waals surface area contributed by atoms with Gasteiger partial charge in [-0.05, 0) is 35.4 Å². The second-order valence-electron chi connectivity index (χ2n) is 4.51. The Morgan fingerprint density at radius 1 is 0.556 bits per heavy atom. The van der Waals surface area contributed by atoms with Gasteiger partial charge >= 0.3 is 0 Å². The van der Waals surface area contributed by atoms with E-state index in [0.29, 0.717) is 0 Å². The number of rotatable bonds is 0. The van der Waals surface area contributed by atoms with E-state index in [9.17, 15) is 0 Å². The van der Waals surface area contributed by atoms with Gasteiger partial charge in [-0.1, -0.05) is 74.5 Å². The van der Waals surface area contributed by atoms with Gasteiger partial charge in [0.2, 0.25) is 0 Å². The smallest absolute Gasteiger partial charge is 0.0105 e. The lowest BCUT2D eigenvalue weighted by molar-refractivity contribution is 1.50. The topological polar surface area (TPSA) is 0 Å². The fourth-order valence-corrected chi connectivity index (χ4v) is 2.31. The number of fused-ring (bicyclic) bond motifs is 3. The fraction of sp³-hybridized carbons (Fsp3) is 0.222. The van der Waals surface area contributed by atoms with Crippen LogP contribution >= 0.6 is 0 Å². The molecule has 0 heterocycles. The summed E-state index contributed by atoms with van der Waals surface area (Å²) in [6.07, 6.45) is 0. The normalized spacial score (nSPS) is 9.89. The Balaban J connectivity index is 0.000000810. The van der Waals surface area contributed by atoms with Crippen LogP contribution in [-0.2, 0) is 0 Å². The molecule has 0 fully saturated rings. The summed E-state index contributed by atoms with van der Waals surface area (Å²) in [4.78, 5) is 0. The lowest BCUT2D eigenvalue weighted by atomic mass is 9.99. The molecule has 0 aromatic heterocycles. The van der Waals surface area contributed by atoms with Crippen molar-refractivity contribution in [1.29, 1.82) is 0 Å². The van der Waals surface area contributed by atoms with Gasteiger partial charge in [0.1, 0.15) is 0 Å². The first-order chi connectivity index (χ1) is 7.74. The maximum atomic E-state index is 2.24. The van der Waals surface area contributed by atoms with E-state index in [2.05, 4.69) is 62.4 Å². The summed E-state index contributed by atoms with van der Waals surface area (Å²) in [5.74, 6) is 0. The maximum absolute atomic E-state index is 2.24. The summed E-state index contributed by atoms with van der Waals surface area (Å²) in [5, 5.41) is 5.36. The summed E-state index contributed by atoms with van der Waals surface area (Å²) in [6, 6.07) is 17.7. The largest absolute Gasteiger partial charge is 0.0776 e. The summed E-state index contributed by atoms with van der Waals surface area (Å²) in [5.41, 5.74) is 2.64. The molecule has 3 aromatic rings. The van der Waals surface area contributed by atoms with Crippen LogP contribution in [0.5, 0.6) is 0 Å². The van der Waals surface area contributed by atoms with Gasteiger partial charge in [0, 0.05) is 0 Å². The van der Waals surface area contributed by atoms with Gasteiger partial charge in [-0.3, -0.25) is 0 Å². The van der Waals surface area contributed by atoms with Gasteiger partial charge < -0.3 is 0 Å². The molecule has 0 unspecified atom stereocenters. The average molecular weight is 238 g/mol. The van der Waals surface area contributed by atoms with Gasteiger partial charge in [0.25, 0.3) is 0 Å². The van der Waals surface area contributed by atoms with Crippen molar-refractivity contribution in [2.75, 3.05) is 0 Å². The Morgan fingerprint density at radius 2 is 0.944 bits per heavy atom. The monoisotopic (exact) mass is 238 g/mol. The second-order valence-corrected chi connectivity index (χ2v) is 4.51. The number of hydrogen-bond donors (Lipinski definition) is 0. The predicted octanol–water partition coefficient (Wildman–Crippen LogP) is 5.88. The molecule has 0 atom stereocenters. The summed E-state index contributed by atoms with van der Waals surface area (Å²) in [6.45, 7) is 4.28. The molecule has 0 aliphatic heterocycles. The molecule has 3 aromatic carbocycles. The van der Waals surface area contributed by atoms with Crippen molar-refractivity contribution >= 4 is 21.5 Å². The molecule has 0 saturated carbocycles. The van der Waals surface area contributed by atoms with Crippen molar-refractivity contribution in [3.05, 3.63) is 59.7 Å². The van der Waals surface area contributed by atoms with Crippen LogP contribution in [0.15, 0.2) is 48.5 Å². The third-order valence-electron chi connectivity index (χ3n) is 3.15. The maximum Gasteiger partial charge on any atom is -0.0105 e. The van der Waals surface area contributed by atoms with E-state index in [4.69, 9.17) is 0 Å². The summed E-state index contributed by atoms with van der Waals surface area (Å²) < 4.78 is 0. The number of hydrogen-bond acceptors (Lipinski definition) is 0. The Bertz CT molecular complexity index is 617. The Hall–Kier alpha value is -1.82. The molecule has 3 rings (SSSR count). The molecule has 18 heavy (non-hydrogen) atoms. The van der Waals surface area contributed by atoms with Gasteiger partial charge in [-0.2, -0.15) is 0 Å². The van der Waals surface area contributed by atoms with E-state index < -0.39 is 0 Å². The quantitative estimate of drug-likeness (QED) is 0.429. The highest BCUT2D eigenvalue weighted by molar-refractivity contribution is 6.07. The van der Waals surface area contributed by atoms with Crippen LogP contribution in [-0.4, -0.2) is 0 Å². The minimum atomic E-state index is 0. The molecule has 0 N–H and O–H groups in total. The van der Waals surface area contributed by atoms with Crippen LogP contribution < -0.4 is 0 Å². The van der Waals surface area contributed by atoms with Gasteiger partial charge in [0.15, 0.2) is 0 Å². The Labute approximate surface area is 110 Å². The zero-order valence-electron chi connectivity index (χ0n) is 9.62. The van der Waals surface area contributed by atoms with E-state index >= 15 is 0 Å². The van der Waals surface area contributed by atoms with Crippen LogP contribution in [0.4, 0.5) is 0 Å². The molecular formula is C18H22. The van der Waals surface area contributed by atoms with Crippen molar-refractivity contribution in [2.45, 2.75) is 28.7 Å². The van der Waals surface area contributed by atoms with Crippen LogP contribution in [0.3, 0.4) is 0 Å². The number of benzene rings is 3. The lowest BCUT2D eigenvalue weighted by Gasteiger charge is -2.05. The van der Waals surface area contributed by atoms with Crippen molar-refractivity contribution in [3.63, 3.8) is 0 Å². The number of aryl methyl sites for hydroxylation is 2. The van der Waals surface area contributed by atoms with Crippen LogP contribution in [0.1, 0.15) is 26.0 Å². The van der Waals surface area contributed by atoms with Gasteiger partial charge in [0.05, 0.1) is 0 Å². The minimum Gasteiger partial charge on any atom is -0.0776 e. The molecule has 0 radical (unpaired) electrons. The average Bonchev–Trinajstić information content (AvgIpc) is 2.28. The molecule has 0 aliphatic carbocycles. The Morgan fingerprint density at radius 3 is 1.33 bits per heavy atom. The third kappa shape index (κ3) is 2.24. The first-order valence-corrected chi connectivity index (χ1v) is 5.64. The fourth-order valence-electron chi connectivity index (χ4n) is 2.31. The second kappa shape index (κ2) is 5.22. The van der Waals surface area contributed by atoms with E-state index in [1.807, 2.05) is 0 Å². The van der Waals surface area contributed by atoms with Gasteiger partial charge in [-0.25, -0.2) is 0 Å². The van der Waals surface area contributed by atoms with E-state index in [1.165, 1.54) is 32.7 Å². The zero-order valence-corrected chi connectivity index (χ0v) is 9.62. The Kier molecular flexibility index (Phi) is 4.13. The minimum absolute atomic E-state index is 0. The highest BCUT2D eigenvalue weighted by Gasteiger charge is 2.00. The molecule has 0 spiro atoms. The van der Waals surface area contributed by atoms with E-state index in [-0.39, 0.29) is 14.9 Å². The van der Waals surface area contributed by atoms with Crippen molar-refractivity contribution in [1.82, 2.24) is 0 Å². The first-order valence-electron chi connectivity index (χ1n) is 5.64. The lowest BCUT2D eigenvalue weighted by Crippen LogP contribution is -1.80. The predicted molar refractivity (Wildman–Crippen MR) is 84.4 cm³/mol. The SMILES string of the molecule is C.C.Cc1ccc2c(ccc3cc(C)ccc32)c1. The third-order valence-corrected chi connectivity index (χ3v) is 3.15. The van der Waals surface area contributed by atoms with Crippen LogP contribution in [0.25, 0.3) is 21.5 Å². The highest BCUT2D eigenvalue weighted by Crippen LogP contribution is 2.26. The molecule has 0 heteroatoms. The van der Waals surface area contributed by atoms with Crippen LogP contribution in [0, 0.1) is 13.8 Å². The van der Waals surface area contributed by atoms with E-state index in [1.54, 1.807) is 0 Å². The molecule has 0 aliphatic rings. The van der Waals surface area contributed by atoms with Crippen molar-refractivity contribution < 1.29 is 0 Å². The van der Waals surface area contributed by atoms with Crippen molar-refractivity contribution in [3.8, 4) is 0 Å². The van der Waals surface area contributed by atoms with Crippen LogP contribution in [0.2, 0.25) is 0 Å². The molecule has 0 saturated heterocycles. The molecule has 0 nitrogen and oxygen atoms in total. The summed E-state index contributed by atoms with van der Waals surface area (Å²) in [7, 11) is 0. The zero-order chi connectivity index (χ0) is 11.1. The van der Waals surface area contributed by atoms with Crippen molar-refractivity contribution in [2.24, 2.45) is 0 Å². The molecule has 0 bridgehead atoms. The summed E-state index contributed by atoms with van der Waals surface area (Å²) >= 11 is 0. The highest BCUT2D eigenvalue weighted by atomic mass is 14.0. The molecule has 0 amide bonds. The van der Waals surface area contributed by atoms with Gasteiger partial charge in [-0.15, -0.1) is 0 Å². The standard InChI is InChI=1S/C16H14.2CH4/c1-11-3-7-15-13(9-11)5-6-14-10-12(2)4-8-16(14)15;;/h3-10H,1-2H3;2*1H4. The first kappa shape index (κ1) is 14.2.